The van der Waals surface area contributed by atoms with Crippen molar-refractivity contribution in [1.82, 2.24) is 0 Å². The topological polar surface area (TPSA) is 121 Å². The van der Waals surface area contributed by atoms with Crippen LogP contribution in [0.15, 0.2) is 36.4 Å². The zero-order valence-corrected chi connectivity index (χ0v) is 19.0. The van der Waals surface area contributed by atoms with E-state index in [0.29, 0.717) is 17.8 Å². The number of carbonyl (C=O) groups is 4. The smallest absolute Gasteiger partial charge is 0.345 e. The summed E-state index contributed by atoms with van der Waals surface area (Å²) in [5.41, 5.74) is -1.98. The third-order valence-corrected chi connectivity index (χ3v) is 8.43. The third kappa shape index (κ3) is 3.26. The average molecular weight is 473 g/mol. The van der Waals surface area contributed by atoms with Crippen LogP contribution in [0.5, 0.6) is 0 Å². The van der Waals surface area contributed by atoms with Gasteiger partial charge in [0.25, 0.3) is 5.69 Å². The molecule has 0 radical (unpaired) electrons. The van der Waals surface area contributed by atoms with Crippen LogP contribution in [0.25, 0.3) is 0 Å². The largest absolute Gasteiger partial charge is 0.454 e. The molecule has 8 heteroatoms. The van der Waals surface area contributed by atoms with Crippen molar-refractivity contribution < 1.29 is 28.8 Å². The van der Waals surface area contributed by atoms with Gasteiger partial charge in [-0.2, -0.15) is 0 Å². The first-order valence-corrected chi connectivity index (χ1v) is 12.0. The number of hydrogen-bond acceptors (Lipinski definition) is 7. The molecule has 0 heterocycles. The molecule has 2 aromatic rings. The molecule has 0 saturated heterocycles. The number of esters is 1. The molecular weight excluding hydrogens is 450 g/mol. The van der Waals surface area contributed by atoms with Gasteiger partial charge in [0.15, 0.2) is 18.2 Å². The number of Topliss-reactive ketones (excluding diaryl/α,β-unsaturated/α-hetero) is 1. The Morgan fingerprint density at radius 1 is 0.886 bits per heavy atom. The van der Waals surface area contributed by atoms with Crippen molar-refractivity contribution in [2.24, 2.45) is 23.2 Å². The van der Waals surface area contributed by atoms with E-state index in [1.165, 1.54) is 37.5 Å². The van der Waals surface area contributed by atoms with Gasteiger partial charge in [-0.05, 0) is 68.4 Å². The van der Waals surface area contributed by atoms with Crippen LogP contribution in [0, 0.1) is 33.3 Å². The van der Waals surface area contributed by atoms with Gasteiger partial charge < -0.3 is 4.74 Å². The normalized spacial score (nSPS) is 27.8. The Bertz CT molecular complexity index is 1310. The van der Waals surface area contributed by atoms with Gasteiger partial charge in [0.2, 0.25) is 5.78 Å². The van der Waals surface area contributed by atoms with Crippen LogP contribution in [0.2, 0.25) is 0 Å². The first-order chi connectivity index (χ1) is 16.8. The minimum absolute atomic E-state index is 0.0515. The number of nitro benzene ring substituents is 1. The Morgan fingerprint density at radius 3 is 2.03 bits per heavy atom. The number of carbonyl (C=O) groups excluding carboxylic acids is 4. The average Bonchev–Trinajstić information content (AvgIpc) is 2.83. The first kappa shape index (κ1) is 21.8. The zero-order chi connectivity index (χ0) is 24.5. The zero-order valence-electron chi connectivity index (χ0n) is 19.0. The van der Waals surface area contributed by atoms with Crippen molar-refractivity contribution in [3.8, 4) is 0 Å². The summed E-state index contributed by atoms with van der Waals surface area (Å²) >= 11 is 0. The van der Waals surface area contributed by atoms with Gasteiger partial charge in [-0.25, -0.2) is 4.79 Å². The monoisotopic (exact) mass is 473 g/mol. The van der Waals surface area contributed by atoms with Gasteiger partial charge in [-0.15, -0.1) is 0 Å². The maximum Gasteiger partial charge on any atom is 0.345 e. The molecule has 5 aliphatic rings. The molecule has 178 valence electrons. The van der Waals surface area contributed by atoms with Crippen molar-refractivity contribution in [1.29, 1.82) is 0 Å². The third-order valence-electron chi connectivity index (χ3n) is 8.43. The highest BCUT2D eigenvalue weighted by molar-refractivity contribution is 6.30. The number of fused-ring (bicyclic) bond motifs is 2. The summed E-state index contributed by atoms with van der Waals surface area (Å²) in [6.45, 7) is -0.449. The van der Waals surface area contributed by atoms with Crippen molar-refractivity contribution in [3.05, 3.63) is 74.3 Å². The van der Waals surface area contributed by atoms with Crippen molar-refractivity contribution in [3.63, 3.8) is 0 Å². The van der Waals surface area contributed by atoms with E-state index in [9.17, 15) is 29.3 Å². The fraction of sp³-hybridized carbons (Fsp3) is 0.407. The molecule has 0 atom stereocenters. The summed E-state index contributed by atoms with van der Waals surface area (Å²) in [7, 11) is 0. The second kappa shape index (κ2) is 7.66. The molecule has 4 saturated carbocycles. The summed E-state index contributed by atoms with van der Waals surface area (Å²) in [4.78, 5) is 63.3. The predicted molar refractivity (Wildman–Crippen MR) is 122 cm³/mol. The second-order valence-electron chi connectivity index (χ2n) is 10.5. The van der Waals surface area contributed by atoms with E-state index in [2.05, 4.69) is 0 Å². The predicted octanol–water partition coefficient (Wildman–Crippen LogP) is 4.31. The van der Waals surface area contributed by atoms with E-state index >= 15 is 0 Å². The van der Waals surface area contributed by atoms with Crippen LogP contribution in [0.3, 0.4) is 0 Å². The minimum atomic E-state index is -1.04. The molecule has 7 rings (SSSR count). The maximum atomic E-state index is 13.2. The minimum Gasteiger partial charge on any atom is -0.454 e. The number of ketones is 3. The van der Waals surface area contributed by atoms with Gasteiger partial charge in [0.1, 0.15) is 11.1 Å². The van der Waals surface area contributed by atoms with Crippen LogP contribution in [-0.2, 0) is 9.53 Å². The van der Waals surface area contributed by atoms with Crippen LogP contribution in [-0.4, -0.2) is 34.8 Å². The highest BCUT2D eigenvalue weighted by Crippen LogP contribution is 2.60. The van der Waals surface area contributed by atoms with Crippen LogP contribution >= 0.6 is 0 Å². The van der Waals surface area contributed by atoms with Gasteiger partial charge >= 0.3 is 5.97 Å². The molecule has 2 aromatic carbocycles. The number of rotatable bonds is 5. The van der Waals surface area contributed by atoms with Crippen LogP contribution in [0.1, 0.15) is 80.7 Å². The molecule has 4 bridgehead atoms. The number of benzene rings is 2. The molecule has 35 heavy (non-hydrogen) atoms. The summed E-state index contributed by atoms with van der Waals surface area (Å²) in [5, 5.41) is 12.0. The molecule has 8 nitrogen and oxygen atoms in total. The SMILES string of the molecule is O=C1c2ccccc2C(=O)c2c1ccc(C(=O)OCC(=O)C13CC4CC(CC(C4)C1)C3)c2[N+](=O)[O-]. The second-order valence-corrected chi connectivity index (χ2v) is 10.5. The molecule has 0 amide bonds. The van der Waals surface area contributed by atoms with E-state index in [1.54, 1.807) is 12.1 Å². The van der Waals surface area contributed by atoms with Crippen molar-refractivity contribution in [2.45, 2.75) is 38.5 Å². The fourth-order valence-electron chi connectivity index (χ4n) is 7.34. The van der Waals surface area contributed by atoms with Crippen LogP contribution < -0.4 is 0 Å². The van der Waals surface area contributed by atoms with Gasteiger partial charge in [-0.1, -0.05) is 24.3 Å². The Morgan fingerprint density at radius 2 is 1.46 bits per heavy atom. The summed E-state index contributed by atoms with van der Waals surface area (Å²) < 4.78 is 5.30. The van der Waals surface area contributed by atoms with Crippen molar-refractivity contribution >= 4 is 29.0 Å². The van der Waals surface area contributed by atoms with E-state index in [0.717, 1.165) is 25.3 Å². The Balaban J connectivity index is 1.28. The van der Waals surface area contributed by atoms with E-state index in [-0.39, 0.29) is 22.5 Å². The van der Waals surface area contributed by atoms with E-state index in [1.807, 2.05) is 0 Å². The number of nitrogens with zero attached hydrogens (tertiary/aromatic N) is 1. The summed E-state index contributed by atoms with van der Waals surface area (Å²) in [6.07, 6.45) is 5.98. The van der Waals surface area contributed by atoms with Gasteiger partial charge in [0, 0.05) is 22.1 Å². The Labute approximate surface area is 200 Å². The van der Waals surface area contributed by atoms with Gasteiger partial charge in [-0.3, -0.25) is 24.5 Å². The molecule has 0 aromatic heterocycles. The first-order valence-electron chi connectivity index (χ1n) is 12.0. The summed E-state index contributed by atoms with van der Waals surface area (Å²) in [5.74, 6) is -0.726. The maximum absolute atomic E-state index is 13.2. The lowest BCUT2D eigenvalue weighted by Gasteiger charge is -2.55. The van der Waals surface area contributed by atoms with Crippen molar-refractivity contribution in [2.75, 3.05) is 6.61 Å². The van der Waals surface area contributed by atoms with E-state index in [4.69, 9.17) is 4.74 Å². The number of hydrogen-bond donors (Lipinski definition) is 0. The molecular formula is C27H23NO7. The van der Waals surface area contributed by atoms with Crippen LogP contribution in [0.4, 0.5) is 5.69 Å². The number of nitro groups is 1. The lowest BCUT2D eigenvalue weighted by molar-refractivity contribution is -0.385. The fourth-order valence-corrected chi connectivity index (χ4v) is 7.34. The molecule has 0 N–H and O–H groups in total. The lowest BCUT2D eigenvalue weighted by atomic mass is 9.48. The van der Waals surface area contributed by atoms with E-state index < -0.39 is 51.3 Å². The van der Waals surface area contributed by atoms with Gasteiger partial charge in [0.05, 0.1) is 4.92 Å². The quantitative estimate of drug-likeness (QED) is 0.307. The highest BCUT2D eigenvalue weighted by Gasteiger charge is 2.54. The molecule has 0 aliphatic heterocycles. The highest BCUT2D eigenvalue weighted by atomic mass is 16.6. The lowest BCUT2D eigenvalue weighted by Crippen LogP contribution is -2.51. The standard InChI is InChI=1S/C27H23NO7/c29-21(27-10-14-7-15(11-27)9-16(8-14)12-27)13-35-26(32)20-6-5-19-22(23(20)28(33)34)25(31)18-4-2-1-3-17(18)24(19)30/h1-6,14-16H,7-13H2. The number of ether oxygens (including phenoxy) is 1. The summed E-state index contributed by atoms with van der Waals surface area (Å²) in [6, 6.07) is 8.47. The Kier molecular flexibility index (Phi) is 4.78. The molecule has 0 spiro atoms. The molecule has 4 fully saturated rings. The Hall–Kier alpha value is -3.68. The molecule has 5 aliphatic carbocycles. The molecule has 0 unspecified atom stereocenters.